The summed E-state index contributed by atoms with van der Waals surface area (Å²) in [5, 5.41) is 18.6. The molecule has 0 fully saturated rings. The number of rotatable bonds is 4. The van der Waals surface area contributed by atoms with Crippen LogP contribution >= 0.6 is 0 Å². The van der Waals surface area contributed by atoms with Crippen LogP contribution < -0.4 is 5.32 Å². The maximum absolute atomic E-state index is 12.0. The number of nitrogens with one attached hydrogen (secondary N) is 2. The van der Waals surface area contributed by atoms with Crippen molar-refractivity contribution in [1.29, 1.82) is 0 Å². The molecule has 0 aliphatic carbocycles. The summed E-state index contributed by atoms with van der Waals surface area (Å²) < 4.78 is 0. The molecule has 7 nitrogen and oxygen atoms in total. The predicted octanol–water partition coefficient (Wildman–Crippen LogP) is 2.22. The van der Waals surface area contributed by atoms with Gasteiger partial charge in [-0.2, -0.15) is 5.10 Å². The smallest absolute Gasteiger partial charge is 0.256 e. The molecular weight excluding hydrogens is 244 g/mol. The van der Waals surface area contributed by atoms with Gasteiger partial charge in [0.25, 0.3) is 5.91 Å². The molecular formula is C12H14N6O. The van der Waals surface area contributed by atoms with Crippen LogP contribution in [0.2, 0.25) is 0 Å². The van der Waals surface area contributed by atoms with E-state index in [9.17, 15) is 4.79 Å². The third-order valence-electron chi connectivity index (χ3n) is 2.23. The van der Waals surface area contributed by atoms with Crippen LogP contribution in [0.5, 0.6) is 0 Å². The van der Waals surface area contributed by atoms with E-state index in [4.69, 9.17) is 0 Å². The highest BCUT2D eigenvalue weighted by atomic mass is 16.1. The lowest BCUT2D eigenvalue weighted by atomic mass is 10.2. The summed E-state index contributed by atoms with van der Waals surface area (Å²) >= 11 is 0. The number of H-pyrrole nitrogens is 1. The topological polar surface area (TPSA) is 85.7 Å². The molecule has 0 aliphatic heterocycles. The second-order valence-electron chi connectivity index (χ2n) is 3.99. The fourth-order valence-electron chi connectivity index (χ4n) is 1.36. The number of aromatic nitrogens is 2. The molecule has 0 saturated heterocycles. The first-order chi connectivity index (χ1) is 9.16. The second kappa shape index (κ2) is 5.76. The van der Waals surface area contributed by atoms with Crippen molar-refractivity contribution >= 4 is 17.4 Å². The van der Waals surface area contributed by atoms with Crippen LogP contribution in [0.15, 0.2) is 46.9 Å². The van der Waals surface area contributed by atoms with Crippen LogP contribution in [0.3, 0.4) is 0 Å². The quantitative estimate of drug-likeness (QED) is 0.651. The highest BCUT2D eigenvalue weighted by molar-refractivity contribution is 6.04. The van der Waals surface area contributed by atoms with Crippen molar-refractivity contribution < 1.29 is 4.79 Å². The number of nitrogens with zero attached hydrogens (tertiary/aromatic N) is 4. The molecule has 0 aliphatic rings. The van der Waals surface area contributed by atoms with E-state index in [1.807, 2.05) is 6.07 Å². The lowest BCUT2D eigenvalue weighted by Gasteiger charge is -2.04. The molecule has 1 aromatic carbocycles. The fourth-order valence-corrected chi connectivity index (χ4v) is 1.36. The van der Waals surface area contributed by atoms with Gasteiger partial charge < -0.3 is 5.32 Å². The Labute approximate surface area is 110 Å². The molecule has 0 saturated carbocycles. The molecule has 0 unspecified atom stereocenters. The van der Waals surface area contributed by atoms with Gasteiger partial charge in [-0.25, -0.2) is 0 Å². The fraction of sp³-hybridized carbons (Fsp3) is 0.167. The number of carbonyl (C=O) groups is 1. The summed E-state index contributed by atoms with van der Waals surface area (Å²) in [6.45, 7) is 0. The summed E-state index contributed by atoms with van der Waals surface area (Å²) in [6.07, 6.45) is 1.49. The monoisotopic (exact) mass is 258 g/mol. The van der Waals surface area contributed by atoms with Gasteiger partial charge in [0.1, 0.15) is 5.69 Å². The van der Waals surface area contributed by atoms with Crippen molar-refractivity contribution in [2.24, 2.45) is 10.3 Å². The number of anilines is 1. The minimum Gasteiger partial charge on any atom is -0.305 e. The standard InChI is InChI=1S/C12H14N6O/c1-18(2)17-15-10-8-13-16-11(10)14-12(19)9-6-4-3-5-7-9/h3-8H,1-2H3,(H2,13,14,16,19). The predicted molar refractivity (Wildman–Crippen MR) is 71.2 cm³/mol. The zero-order valence-electron chi connectivity index (χ0n) is 10.7. The Hall–Kier alpha value is -2.70. The van der Waals surface area contributed by atoms with Crippen LogP contribution in [0.1, 0.15) is 10.4 Å². The molecule has 1 aromatic heterocycles. The third-order valence-corrected chi connectivity index (χ3v) is 2.23. The van der Waals surface area contributed by atoms with Gasteiger partial charge in [-0.3, -0.25) is 14.9 Å². The van der Waals surface area contributed by atoms with E-state index < -0.39 is 0 Å². The highest BCUT2D eigenvalue weighted by Crippen LogP contribution is 2.22. The molecule has 19 heavy (non-hydrogen) atoms. The third kappa shape index (κ3) is 3.38. The van der Waals surface area contributed by atoms with Gasteiger partial charge in [0, 0.05) is 19.7 Å². The molecule has 2 rings (SSSR count). The molecule has 2 aromatic rings. The largest absolute Gasteiger partial charge is 0.305 e. The number of benzene rings is 1. The minimum atomic E-state index is -0.230. The molecule has 7 heteroatoms. The van der Waals surface area contributed by atoms with Crippen molar-refractivity contribution in [1.82, 2.24) is 15.2 Å². The summed E-state index contributed by atoms with van der Waals surface area (Å²) in [7, 11) is 3.51. The lowest BCUT2D eigenvalue weighted by molar-refractivity contribution is 0.102. The summed E-state index contributed by atoms with van der Waals surface area (Å²) in [5.74, 6) is 0.186. The van der Waals surface area contributed by atoms with Crippen LogP contribution in [0, 0.1) is 0 Å². The van der Waals surface area contributed by atoms with E-state index in [0.717, 1.165) is 0 Å². The van der Waals surface area contributed by atoms with Crippen LogP contribution in [0.25, 0.3) is 0 Å². The van der Waals surface area contributed by atoms with Crippen LogP contribution in [-0.4, -0.2) is 35.2 Å². The molecule has 1 amide bonds. The summed E-state index contributed by atoms with van der Waals surface area (Å²) in [5.41, 5.74) is 1.03. The Kier molecular flexibility index (Phi) is 3.87. The van der Waals surface area contributed by atoms with Crippen molar-refractivity contribution in [3.8, 4) is 0 Å². The van der Waals surface area contributed by atoms with Gasteiger partial charge in [-0.15, -0.1) is 5.11 Å². The molecule has 98 valence electrons. The normalized spacial score (nSPS) is 10.6. The Morgan fingerprint density at radius 1 is 1.32 bits per heavy atom. The lowest BCUT2D eigenvalue weighted by Crippen LogP contribution is -2.12. The zero-order valence-corrected chi connectivity index (χ0v) is 10.7. The SMILES string of the molecule is CN(C)N=Nc1cn[nH]c1NC(=O)c1ccccc1. The van der Waals surface area contributed by atoms with E-state index in [1.165, 1.54) is 6.20 Å². The number of hydrogen-bond donors (Lipinski definition) is 2. The minimum absolute atomic E-state index is 0.230. The van der Waals surface area contributed by atoms with E-state index in [-0.39, 0.29) is 5.91 Å². The van der Waals surface area contributed by atoms with Crippen LogP contribution in [0.4, 0.5) is 11.5 Å². The van der Waals surface area contributed by atoms with E-state index in [1.54, 1.807) is 43.4 Å². The number of amides is 1. The Bertz CT molecular complexity index is 575. The number of carbonyl (C=O) groups excluding carboxylic acids is 1. The average Bonchev–Trinajstić information content (AvgIpc) is 2.84. The van der Waals surface area contributed by atoms with Crippen molar-refractivity contribution in [2.75, 3.05) is 19.4 Å². The zero-order chi connectivity index (χ0) is 13.7. The van der Waals surface area contributed by atoms with Gasteiger partial charge >= 0.3 is 0 Å². The van der Waals surface area contributed by atoms with Crippen LogP contribution in [-0.2, 0) is 0 Å². The van der Waals surface area contributed by atoms with E-state index in [2.05, 4.69) is 25.9 Å². The van der Waals surface area contributed by atoms with E-state index in [0.29, 0.717) is 17.1 Å². The Balaban J connectivity index is 2.12. The number of aromatic amines is 1. The molecule has 2 N–H and O–H groups in total. The summed E-state index contributed by atoms with van der Waals surface area (Å²) in [4.78, 5) is 12.0. The van der Waals surface area contributed by atoms with E-state index >= 15 is 0 Å². The molecule has 0 radical (unpaired) electrons. The average molecular weight is 258 g/mol. The molecule has 1 heterocycles. The molecule has 0 bridgehead atoms. The van der Waals surface area contributed by atoms with Gasteiger partial charge in [0.05, 0.1) is 6.20 Å². The van der Waals surface area contributed by atoms with Crippen molar-refractivity contribution in [3.05, 3.63) is 42.1 Å². The van der Waals surface area contributed by atoms with Gasteiger partial charge in [-0.1, -0.05) is 23.4 Å². The Morgan fingerprint density at radius 3 is 2.74 bits per heavy atom. The highest BCUT2D eigenvalue weighted by Gasteiger charge is 2.10. The maximum atomic E-state index is 12.0. The van der Waals surface area contributed by atoms with Gasteiger partial charge in [-0.05, 0) is 12.1 Å². The van der Waals surface area contributed by atoms with Crippen molar-refractivity contribution in [2.45, 2.75) is 0 Å². The Morgan fingerprint density at radius 2 is 2.05 bits per heavy atom. The summed E-state index contributed by atoms with van der Waals surface area (Å²) in [6, 6.07) is 8.91. The van der Waals surface area contributed by atoms with Gasteiger partial charge in [0.2, 0.25) is 0 Å². The van der Waals surface area contributed by atoms with Gasteiger partial charge in [0.15, 0.2) is 5.82 Å². The first-order valence-electron chi connectivity index (χ1n) is 5.65. The first-order valence-corrected chi connectivity index (χ1v) is 5.65. The van der Waals surface area contributed by atoms with Crippen molar-refractivity contribution in [3.63, 3.8) is 0 Å². The molecule has 0 atom stereocenters. The molecule has 0 spiro atoms. The first kappa shape index (κ1) is 12.7. The maximum Gasteiger partial charge on any atom is 0.256 e. The second-order valence-corrected chi connectivity index (χ2v) is 3.99. The number of hydrogen-bond acceptors (Lipinski definition) is 4.